The van der Waals surface area contributed by atoms with E-state index in [4.69, 9.17) is 6.42 Å². The van der Waals surface area contributed by atoms with Gasteiger partial charge in [0.05, 0.1) is 0 Å². The zero-order valence-electron chi connectivity index (χ0n) is 9.20. The summed E-state index contributed by atoms with van der Waals surface area (Å²) in [6, 6.07) is 10.5. The van der Waals surface area contributed by atoms with Gasteiger partial charge < -0.3 is 0 Å². The maximum Gasteiger partial charge on any atom is 0.0243 e. The van der Waals surface area contributed by atoms with Crippen LogP contribution in [0.3, 0.4) is 0 Å². The van der Waals surface area contributed by atoms with Crippen LogP contribution >= 0.6 is 0 Å². The van der Waals surface area contributed by atoms with Crippen LogP contribution in [-0.4, -0.2) is 0 Å². The SMILES string of the molecule is C#CC(C)C(c1ccccc1)C(C)C. The van der Waals surface area contributed by atoms with E-state index in [1.54, 1.807) is 0 Å². The number of hydrogen-bond acceptors (Lipinski definition) is 0. The Bertz CT molecular complexity index is 303. The average molecular weight is 186 g/mol. The van der Waals surface area contributed by atoms with Crippen molar-refractivity contribution in [1.29, 1.82) is 0 Å². The molecule has 0 saturated carbocycles. The zero-order valence-corrected chi connectivity index (χ0v) is 9.20. The van der Waals surface area contributed by atoms with Crippen molar-refractivity contribution in [2.75, 3.05) is 0 Å². The molecular formula is C14H18. The molecule has 0 fully saturated rings. The van der Waals surface area contributed by atoms with Crippen LogP contribution in [0.4, 0.5) is 0 Å². The van der Waals surface area contributed by atoms with Gasteiger partial charge in [0, 0.05) is 5.92 Å². The fraction of sp³-hybridized carbons (Fsp3) is 0.429. The van der Waals surface area contributed by atoms with Gasteiger partial charge in [-0.05, 0) is 17.4 Å². The lowest BCUT2D eigenvalue weighted by Crippen LogP contribution is -2.14. The zero-order chi connectivity index (χ0) is 10.6. The summed E-state index contributed by atoms with van der Waals surface area (Å²) < 4.78 is 0. The highest BCUT2D eigenvalue weighted by Crippen LogP contribution is 2.31. The first-order valence-corrected chi connectivity index (χ1v) is 5.18. The van der Waals surface area contributed by atoms with E-state index < -0.39 is 0 Å². The largest absolute Gasteiger partial charge is 0.120 e. The molecule has 0 saturated heterocycles. The molecule has 1 aromatic carbocycles. The Morgan fingerprint density at radius 3 is 2.07 bits per heavy atom. The molecule has 0 aliphatic heterocycles. The van der Waals surface area contributed by atoms with Gasteiger partial charge in [0.2, 0.25) is 0 Å². The second-order valence-corrected chi connectivity index (χ2v) is 4.14. The molecule has 1 aromatic rings. The van der Waals surface area contributed by atoms with Crippen LogP contribution in [0, 0.1) is 24.2 Å². The third-order valence-electron chi connectivity index (χ3n) is 2.70. The van der Waals surface area contributed by atoms with Gasteiger partial charge in [-0.15, -0.1) is 12.3 Å². The van der Waals surface area contributed by atoms with Crippen LogP contribution in [0.2, 0.25) is 0 Å². The molecular weight excluding hydrogens is 168 g/mol. The normalized spacial score (nSPS) is 14.8. The van der Waals surface area contributed by atoms with Crippen LogP contribution in [0.5, 0.6) is 0 Å². The highest BCUT2D eigenvalue weighted by molar-refractivity contribution is 5.23. The van der Waals surface area contributed by atoms with Gasteiger partial charge in [0.1, 0.15) is 0 Å². The van der Waals surface area contributed by atoms with E-state index in [1.807, 2.05) is 6.07 Å². The first-order chi connectivity index (χ1) is 6.66. The molecule has 0 N–H and O–H groups in total. The smallest absolute Gasteiger partial charge is 0.0243 e. The molecule has 0 nitrogen and oxygen atoms in total. The van der Waals surface area contributed by atoms with E-state index in [2.05, 4.69) is 51.0 Å². The number of rotatable bonds is 3. The fourth-order valence-electron chi connectivity index (χ4n) is 2.03. The summed E-state index contributed by atoms with van der Waals surface area (Å²) >= 11 is 0. The van der Waals surface area contributed by atoms with Crippen LogP contribution in [0.15, 0.2) is 30.3 Å². The minimum Gasteiger partial charge on any atom is -0.120 e. The van der Waals surface area contributed by atoms with Gasteiger partial charge in [-0.1, -0.05) is 51.1 Å². The summed E-state index contributed by atoms with van der Waals surface area (Å²) in [5, 5.41) is 0. The monoisotopic (exact) mass is 186 g/mol. The standard InChI is InChI=1S/C14H18/c1-5-12(4)14(11(2)3)13-9-7-6-8-10-13/h1,6-12,14H,2-4H3. The van der Waals surface area contributed by atoms with Crippen LogP contribution in [0.25, 0.3) is 0 Å². The summed E-state index contributed by atoms with van der Waals surface area (Å²) in [5.41, 5.74) is 1.35. The molecule has 0 heterocycles. The Labute approximate surface area is 87.4 Å². The highest BCUT2D eigenvalue weighted by atomic mass is 14.2. The molecule has 2 atom stereocenters. The maximum absolute atomic E-state index is 5.50. The molecule has 0 amide bonds. The van der Waals surface area contributed by atoms with Crippen molar-refractivity contribution in [2.24, 2.45) is 11.8 Å². The van der Waals surface area contributed by atoms with E-state index in [-0.39, 0.29) is 0 Å². The summed E-state index contributed by atoms with van der Waals surface area (Å²) in [6.45, 7) is 6.58. The number of hydrogen-bond donors (Lipinski definition) is 0. The molecule has 1 rings (SSSR count). The predicted molar refractivity (Wildman–Crippen MR) is 62.0 cm³/mol. The van der Waals surface area contributed by atoms with E-state index in [0.29, 0.717) is 17.8 Å². The van der Waals surface area contributed by atoms with E-state index in [1.165, 1.54) is 5.56 Å². The maximum atomic E-state index is 5.50. The van der Waals surface area contributed by atoms with E-state index in [0.717, 1.165) is 0 Å². The van der Waals surface area contributed by atoms with Crippen molar-refractivity contribution in [3.05, 3.63) is 35.9 Å². The molecule has 0 spiro atoms. The summed E-state index contributed by atoms with van der Waals surface area (Å²) in [5.74, 6) is 4.21. The van der Waals surface area contributed by atoms with E-state index in [9.17, 15) is 0 Å². The highest BCUT2D eigenvalue weighted by Gasteiger charge is 2.20. The number of benzene rings is 1. The Balaban J connectivity index is 2.96. The van der Waals surface area contributed by atoms with Crippen LogP contribution < -0.4 is 0 Å². The summed E-state index contributed by atoms with van der Waals surface area (Å²) in [4.78, 5) is 0. The molecule has 0 heteroatoms. The molecule has 0 aliphatic carbocycles. The predicted octanol–water partition coefficient (Wildman–Crippen LogP) is 3.70. The van der Waals surface area contributed by atoms with E-state index >= 15 is 0 Å². The van der Waals surface area contributed by atoms with Gasteiger partial charge in [0.15, 0.2) is 0 Å². The van der Waals surface area contributed by atoms with Crippen LogP contribution in [0.1, 0.15) is 32.3 Å². The lowest BCUT2D eigenvalue weighted by Gasteiger charge is -2.24. The first-order valence-electron chi connectivity index (χ1n) is 5.18. The number of terminal acetylenes is 1. The topological polar surface area (TPSA) is 0 Å². The van der Waals surface area contributed by atoms with Crippen molar-refractivity contribution in [2.45, 2.75) is 26.7 Å². The van der Waals surface area contributed by atoms with Gasteiger partial charge >= 0.3 is 0 Å². The van der Waals surface area contributed by atoms with Crippen LogP contribution in [-0.2, 0) is 0 Å². The van der Waals surface area contributed by atoms with Crippen molar-refractivity contribution < 1.29 is 0 Å². The van der Waals surface area contributed by atoms with Crippen molar-refractivity contribution in [3.63, 3.8) is 0 Å². The van der Waals surface area contributed by atoms with Gasteiger partial charge in [-0.2, -0.15) is 0 Å². The lowest BCUT2D eigenvalue weighted by molar-refractivity contribution is 0.426. The molecule has 0 radical (unpaired) electrons. The Hall–Kier alpha value is -1.22. The second kappa shape index (κ2) is 4.86. The van der Waals surface area contributed by atoms with Crippen molar-refractivity contribution in [3.8, 4) is 12.3 Å². The minimum atomic E-state index is 0.303. The first kappa shape index (κ1) is 10.9. The Kier molecular flexibility index (Phi) is 3.77. The lowest BCUT2D eigenvalue weighted by atomic mass is 9.80. The van der Waals surface area contributed by atoms with Gasteiger partial charge in [-0.25, -0.2) is 0 Å². The van der Waals surface area contributed by atoms with Crippen molar-refractivity contribution >= 4 is 0 Å². The molecule has 0 aliphatic rings. The quantitative estimate of drug-likeness (QED) is 0.631. The molecule has 74 valence electrons. The Morgan fingerprint density at radius 2 is 1.64 bits per heavy atom. The molecule has 0 bridgehead atoms. The second-order valence-electron chi connectivity index (χ2n) is 4.14. The Morgan fingerprint density at radius 1 is 1.07 bits per heavy atom. The molecule has 2 unspecified atom stereocenters. The van der Waals surface area contributed by atoms with Gasteiger partial charge in [0.25, 0.3) is 0 Å². The summed E-state index contributed by atoms with van der Waals surface area (Å²) in [6.07, 6.45) is 5.50. The third kappa shape index (κ3) is 2.39. The minimum absolute atomic E-state index is 0.303. The van der Waals surface area contributed by atoms with Crippen molar-refractivity contribution in [1.82, 2.24) is 0 Å². The molecule has 14 heavy (non-hydrogen) atoms. The summed E-state index contributed by atoms with van der Waals surface area (Å²) in [7, 11) is 0. The fourth-order valence-corrected chi connectivity index (χ4v) is 2.03. The molecule has 0 aromatic heterocycles. The average Bonchev–Trinajstić information content (AvgIpc) is 2.19. The third-order valence-corrected chi connectivity index (χ3v) is 2.70. The van der Waals surface area contributed by atoms with Gasteiger partial charge in [-0.3, -0.25) is 0 Å².